The van der Waals surface area contributed by atoms with Crippen LogP contribution in [0, 0.1) is 0 Å². The van der Waals surface area contributed by atoms with E-state index in [0.29, 0.717) is 13.0 Å². The molecule has 102 valence electrons. The van der Waals surface area contributed by atoms with E-state index < -0.39 is 0 Å². The first-order valence-corrected chi connectivity index (χ1v) is 6.60. The molecule has 0 aliphatic carbocycles. The second-order valence-corrected chi connectivity index (χ2v) is 5.18. The van der Waals surface area contributed by atoms with Crippen LogP contribution in [0.1, 0.15) is 24.8 Å². The molecule has 0 spiro atoms. The van der Waals surface area contributed by atoms with Crippen molar-refractivity contribution >= 4 is 5.91 Å². The molecule has 5 nitrogen and oxygen atoms in total. The van der Waals surface area contributed by atoms with Gasteiger partial charge in [0.2, 0.25) is 12.7 Å². The number of carbonyl (C=O) groups is 1. The lowest BCUT2D eigenvalue weighted by molar-refractivity contribution is -0.121. The largest absolute Gasteiger partial charge is 0.454 e. The van der Waals surface area contributed by atoms with Gasteiger partial charge in [0.05, 0.1) is 0 Å². The van der Waals surface area contributed by atoms with Gasteiger partial charge in [-0.2, -0.15) is 0 Å². The highest BCUT2D eigenvalue weighted by Crippen LogP contribution is 2.40. The fourth-order valence-electron chi connectivity index (χ4n) is 2.88. The molecule has 0 saturated carbocycles. The lowest BCUT2D eigenvalue weighted by atomic mass is 9.74. The standard InChI is InChI=1S/C14H18N2O3/c15-8-14(4-1-5-16-13(17)7-14)10-2-3-11-12(6-10)19-9-18-11/h2-3,6H,1,4-5,7-9,15H2,(H,16,17). The predicted molar refractivity (Wildman–Crippen MR) is 70.2 cm³/mol. The number of benzene rings is 1. The molecule has 3 N–H and O–H groups in total. The summed E-state index contributed by atoms with van der Waals surface area (Å²) in [6.45, 7) is 1.44. The molecule has 1 unspecified atom stereocenters. The van der Waals surface area contributed by atoms with E-state index in [1.54, 1.807) is 0 Å². The molecular formula is C14H18N2O3. The van der Waals surface area contributed by atoms with Gasteiger partial charge in [0.1, 0.15) is 0 Å². The highest BCUT2D eigenvalue weighted by molar-refractivity contribution is 5.78. The number of nitrogens with two attached hydrogens (primary N) is 1. The van der Waals surface area contributed by atoms with Gasteiger partial charge in [0, 0.05) is 24.9 Å². The van der Waals surface area contributed by atoms with Crippen molar-refractivity contribution < 1.29 is 14.3 Å². The second kappa shape index (κ2) is 4.74. The van der Waals surface area contributed by atoms with Crippen LogP contribution in [0.5, 0.6) is 11.5 Å². The van der Waals surface area contributed by atoms with E-state index in [1.165, 1.54) is 0 Å². The normalized spacial score (nSPS) is 25.8. The highest BCUT2D eigenvalue weighted by atomic mass is 16.7. The number of rotatable bonds is 2. The number of ether oxygens (including phenoxy) is 2. The number of fused-ring (bicyclic) bond motifs is 1. The van der Waals surface area contributed by atoms with Gasteiger partial charge in [-0.25, -0.2) is 0 Å². The number of hydrogen-bond acceptors (Lipinski definition) is 4. The van der Waals surface area contributed by atoms with Crippen LogP contribution in [-0.2, 0) is 10.2 Å². The third-order valence-electron chi connectivity index (χ3n) is 4.03. The lowest BCUT2D eigenvalue weighted by Crippen LogP contribution is -2.38. The summed E-state index contributed by atoms with van der Waals surface area (Å²) < 4.78 is 10.7. The van der Waals surface area contributed by atoms with Crippen molar-refractivity contribution in [3.63, 3.8) is 0 Å². The Hall–Kier alpha value is -1.75. The molecule has 2 aliphatic rings. The van der Waals surface area contributed by atoms with Gasteiger partial charge in [-0.15, -0.1) is 0 Å². The van der Waals surface area contributed by atoms with Gasteiger partial charge in [0.15, 0.2) is 11.5 Å². The van der Waals surface area contributed by atoms with Crippen molar-refractivity contribution in [2.75, 3.05) is 19.9 Å². The fourth-order valence-corrected chi connectivity index (χ4v) is 2.88. The third kappa shape index (κ3) is 2.14. The lowest BCUT2D eigenvalue weighted by Gasteiger charge is -2.31. The molecule has 1 aromatic carbocycles. The van der Waals surface area contributed by atoms with Crippen molar-refractivity contribution in [2.24, 2.45) is 5.73 Å². The molecule has 1 saturated heterocycles. The van der Waals surface area contributed by atoms with Crippen LogP contribution < -0.4 is 20.5 Å². The first-order chi connectivity index (χ1) is 9.23. The van der Waals surface area contributed by atoms with E-state index in [0.717, 1.165) is 36.4 Å². The quantitative estimate of drug-likeness (QED) is 0.831. The Balaban J connectivity index is 1.98. The minimum atomic E-state index is -0.290. The van der Waals surface area contributed by atoms with Crippen molar-refractivity contribution in [2.45, 2.75) is 24.7 Å². The van der Waals surface area contributed by atoms with Gasteiger partial charge >= 0.3 is 0 Å². The van der Waals surface area contributed by atoms with Crippen LogP contribution in [0.4, 0.5) is 0 Å². The van der Waals surface area contributed by atoms with E-state index in [4.69, 9.17) is 15.2 Å². The Labute approximate surface area is 112 Å². The van der Waals surface area contributed by atoms with E-state index in [9.17, 15) is 4.79 Å². The van der Waals surface area contributed by atoms with Crippen LogP contribution in [0.25, 0.3) is 0 Å². The molecular weight excluding hydrogens is 244 g/mol. The fraction of sp³-hybridized carbons (Fsp3) is 0.500. The summed E-state index contributed by atoms with van der Waals surface area (Å²) in [5, 5.41) is 2.91. The average molecular weight is 262 g/mol. The van der Waals surface area contributed by atoms with Gasteiger partial charge < -0.3 is 20.5 Å². The van der Waals surface area contributed by atoms with Crippen LogP contribution in [-0.4, -0.2) is 25.8 Å². The smallest absolute Gasteiger partial charge is 0.231 e. The Morgan fingerprint density at radius 3 is 3.00 bits per heavy atom. The van der Waals surface area contributed by atoms with E-state index in [1.807, 2.05) is 18.2 Å². The SMILES string of the molecule is NCC1(c2ccc3c(c2)OCO3)CCCNC(=O)C1. The minimum absolute atomic E-state index is 0.0700. The molecule has 1 fully saturated rings. The molecule has 2 aliphatic heterocycles. The summed E-state index contributed by atoms with van der Waals surface area (Å²) in [5.74, 6) is 1.57. The Bertz CT molecular complexity index is 503. The molecule has 1 aromatic rings. The minimum Gasteiger partial charge on any atom is -0.454 e. The van der Waals surface area contributed by atoms with E-state index in [2.05, 4.69) is 5.32 Å². The maximum Gasteiger partial charge on any atom is 0.231 e. The Kier molecular flexibility index (Phi) is 3.06. The molecule has 2 heterocycles. The van der Waals surface area contributed by atoms with Gasteiger partial charge in [-0.05, 0) is 30.5 Å². The highest BCUT2D eigenvalue weighted by Gasteiger charge is 2.35. The van der Waals surface area contributed by atoms with E-state index in [-0.39, 0.29) is 18.1 Å². The zero-order chi connectivity index (χ0) is 13.3. The van der Waals surface area contributed by atoms with Gasteiger partial charge in [0.25, 0.3) is 0 Å². The molecule has 1 amide bonds. The summed E-state index contributed by atoms with van der Waals surface area (Å²) in [4.78, 5) is 11.8. The molecule has 19 heavy (non-hydrogen) atoms. The topological polar surface area (TPSA) is 73.6 Å². The second-order valence-electron chi connectivity index (χ2n) is 5.18. The zero-order valence-corrected chi connectivity index (χ0v) is 10.8. The first-order valence-electron chi connectivity index (χ1n) is 6.60. The zero-order valence-electron chi connectivity index (χ0n) is 10.8. The average Bonchev–Trinajstić information content (AvgIpc) is 2.81. The number of nitrogens with one attached hydrogen (secondary N) is 1. The summed E-state index contributed by atoms with van der Waals surface area (Å²) in [5.41, 5.74) is 6.77. The molecule has 0 radical (unpaired) electrons. The molecule has 1 atom stereocenters. The summed E-state index contributed by atoms with van der Waals surface area (Å²) in [6.07, 6.45) is 2.28. The maximum atomic E-state index is 11.8. The van der Waals surface area contributed by atoms with Crippen LogP contribution in [0.15, 0.2) is 18.2 Å². The molecule has 0 bridgehead atoms. The first kappa shape index (κ1) is 12.3. The van der Waals surface area contributed by atoms with Crippen LogP contribution >= 0.6 is 0 Å². The van der Waals surface area contributed by atoms with E-state index >= 15 is 0 Å². The van der Waals surface area contributed by atoms with Crippen LogP contribution in [0.3, 0.4) is 0 Å². The van der Waals surface area contributed by atoms with Gasteiger partial charge in [-0.1, -0.05) is 6.07 Å². The Morgan fingerprint density at radius 1 is 1.32 bits per heavy atom. The summed E-state index contributed by atoms with van der Waals surface area (Å²) in [6, 6.07) is 5.87. The number of carbonyl (C=O) groups excluding carboxylic acids is 1. The molecule has 0 aromatic heterocycles. The summed E-state index contributed by atoms with van der Waals surface area (Å²) in [7, 11) is 0. The predicted octanol–water partition coefficient (Wildman–Crippen LogP) is 0.912. The van der Waals surface area contributed by atoms with Crippen LogP contribution in [0.2, 0.25) is 0 Å². The number of amides is 1. The monoisotopic (exact) mass is 262 g/mol. The third-order valence-corrected chi connectivity index (χ3v) is 4.03. The maximum absolute atomic E-state index is 11.8. The number of hydrogen-bond donors (Lipinski definition) is 2. The van der Waals surface area contributed by atoms with Crippen molar-refractivity contribution in [1.82, 2.24) is 5.32 Å². The van der Waals surface area contributed by atoms with Crippen molar-refractivity contribution in [3.05, 3.63) is 23.8 Å². The van der Waals surface area contributed by atoms with Gasteiger partial charge in [-0.3, -0.25) is 4.79 Å². The van der Waals surface area contributed by atoms with Crippen molar-refractivity contribution in [1.29, 1.82) is 0 Å². The molecule has 3 rings (SSSR count). The Morgan fingerprint density at radius 2 is 2.16 bits per heavy atom. The summed E-state index contributed by atoms with van der Waals surface area (Å²) >= 11 is 0. The molecule has 5 heteroatoms. The van der Waals surface area contributed by atoms with Crippen molar-refractivity contribution in [3.8, 4) is 11.5 Å².